The number of hydrogen-bond acceptors (Lipinski definition) is 5. The Morgan fingerprint density at radius 3 is 2.19 bits per heavy atom. The Kier molecular flexibility index (Phi) is 7.84. The number of carbonyl (C=O) groups excluding carboxylic acids is 1. The van der Waals surface area contributed by atoms with Gasteiger partial charge in [-0.3, -0.25) is 4.79 Å². The van der Waals surface area contributed by atoms with Gasteiger partial charge in [0, 0.05) is 30.0 Å². The van der Waals surface area contributed by atoms with E-state index in [2.05, 4.69) is 0 Å². The maximum atomic E-state index is 12.4. The zero-order chi connectivity index (χ0) is 20.1. The number of piperidine rings is 1. The average Bonchev–Trinajstić information content (AvgIpc) is 2.49. The molecule has 0 aromatic rings. The van der Waals surface area contributed by atoms with E-state index in [1.807, 2.05) is 41.5 Å². The highest BCUT2D eigenvalue weighted by atomic mass is 16.5. The van der Waals surface area contributed by atoms with Crippen molar-refractivity contribution in [1.29, 1.82) is 0 Å². The minimum atomic E-state index is -0.937. The van der Waals surface area contributed by atoms with E-state index in [0.29, 0.717) is 12.8 Å². The zero-order valence-electron chi connectivity index (χ0n) is 17.0. The molecule has 0 aliphatic carbocycles. The number of rotatable bonds is 8. The first-order valence-corrected chi connectivity index (χ1v) is 9.46. The van der Waals surface area contributed by atoms with E-state index in [-0.39, 0.29) is 23.9 Å². The van der Waals surface area contributed by atoms with Crippen LogP contribution >= 0.6 is 0 Å². The van der Waals surface area contributed by atoms with Crippen molar-refractivity contribution in [3.05, 3.63) is 12.2 Å². The molecule has 1 fully saturated rings. The molecule has 0 amide bonds. The largest absolute Gasteiger partial charge is 0.478 e. The van der Waals surface area contributed by atoms with Gasteiger partial charge in [0.1, 0.15) is 6.10 Å². The van der Waals surface area contributed by atoms with Crippen LogP contribution in [0.4, 0.5) is 0 Å². The fourth-order valence-corrected chi connectivity index (χ4v) is 3.75. The normalized spacial score (nSPS) is 22.9. The molecular weight excluding hydrogens is 334 g/mol. The van der Waals surface area contributed by atoms with Crippen molar-refractivity contribution >= 4 is 11.9 Å². The first kappa shape index (κ1) is 22.6. The molecule has 0 bridgehead atoms. The Hall–Kier alpha value is -1.40. The van der Waals surface area contributed by atoms with Crippen LogP contribution < -0.4 is 0 Å². The zero-order valence-corrected chi connectivity index (χ0v) is 17.0. The summed E-state index contributed by atoms with van der Waals surface area (Å²) in [7, 11) is 0. The number of carboxylic acid groups (broad SMARTS) is 1. The lowest BCUT2D eigenvalue weighted by atomic mass is 9.80. The van der Waals surface area contributed by atoms with Crippen LogP contribution in [0.5, 0.6) is 0 Å². The highest BCUT2D eigenvalue weighted by Crippen LogP contribution is 2.38. The highest BCUT2D eigenvalue weighted by Gasteiger charge is 2.46. The molecule has 0 aromatic carbocycles. The molecule has 6 heteroatoms. The van der Waals surface area contributed by atoms with Crippen LogP contribution in [-0.2, 0) is 14.3 Å². The molecule has 150 valence electrons. The second-order valence-corrected chi connectivity index (χ2v) is 8.91. The second-order valence-electron chi connectivity index (χ2n) is 8.91. The van der Waals surface area contributed by atoms with E-state index < -0.39 is 17.0 Å². The predicted octanol–water partition coefficient (Wildman–Crippen LogP) is 4.02. The quantitative estimate of drug-likeness (QED) is 0.496. The fourth-order valence-electron chi connectivity index (χ4n) is 3.75. The summed E-state index contributed by atoms with van der Waals surface area (Å²) in [5, 5.41) is 20.3. The molecule has 0 saturated carbocycles. The van der Waals surface area contributed by atoms with Gasteiger partial charge in [-0.1, -0.05) is 26.3 Å². The molecule has 1 aliphatic rings. The minimum Gasteiger partial charge on any atom is -0.478 e. The molecule has 1 aliphatic heterocycles. The standard InChI is InChI=1S/C20H35NO5/c1-14(10-11-17(22)23)8-7-9-15(2)18(24)26-16-12-19(3,4)21(25)20(5,6)13-16/h10-11,14-16,25H,7-9,12-13H2,1-6H3,(H,22,23). The fraction of sp³-hybridized carbons (Fsp3) is 0.800. The summed E-state index contributed by atoms with van der Waals surface area (Å²) in [6.45, 7) is 11.6. The molecule has 0 aromatic heterocycles. The number of ether oxygens (including phenoxy) is 1. The molecule has 1 heterocycles. The number of hydrogen-bond donors (Lipinski definition) is 2. The van der Waals surface area contributed by atoms with Crippen LogP contribution in [0.2, 0.25) is 0 Å². The van der Waals surface area contributed by atoms with Crippen molar-refractivity contribution in [3.63, 3.8) is 0 Å². The van der Waals surface area contributed by atoms with E-state index >= 15 is 0 Å². The lowest BCUT2D eigenvalue weighted by Crippen LogP contribution is -2.60. The number of aliphatic carboxylic acids is 1. The monoisotopic (exact) mass is 369 g/mol. The van der Waals surface area contributed by atoms with Gasteiger partial charge in [-0.15, -0.1) is 0 Å². The summed E-state index contributed by atoms with van der Waals surface area (Å²) in [6, 6.07) is 0. The number of esters is 1. The number of nitrogens with zero attached hydrogens (tertiary/aromatic N) is 1. The Labute approximate surface area is 157 Å². The summed E-state index contributed by atoms with van der Waals surface area (Å²) in [6.07, 6.45) is 6.24. The van der Waals surface area contributed by atoms with Crippen molar-refractivity contribution in [2.45, 2.75) is 90.8 Å². The van der Waals surface area contributed by atoms with Gasteiger partial charge >= 0.3 is 11.9 Å². The molecular formula is C20H35NO5. The van der Waals surface area contributed by atoms with Gasteiger partial charge < -0.3 is 15.1 Å². The van der Waals surface area contributed by atoms with E-state index in [1.165, 1.54) is 11.1 Å². The number of hydroxylamine groups is 2. The lowest BCUT2D eigenvalue weighted by Gasteiger charge is -2.51. The van der Waals surface area contributed by atoms with Gasteiger partial charge in [-0.25, -0.2) is 4.79 Å². The average molecular weight is 370 g/mol. The van der Waals surface area contributed by atoms with Gasteiger partial charge in [-0.05, 0) is 46.5 Å². The van der Waals surface area contributed by atoms with Crippen molar-refractivity contribution in [3.8, 4) is 0 Å². The van der Waals surface area contributed by atoms with Gasteiger partial charge in [-0.2, -0.15) is 5.06 Å². The van der Waals surface area contributed by atoms with E-state index in [0.717, 1.165) is 19.3 Å². The molecule has 6 nitrogen and oxygen atoms in total. The molecule has 0 radical (unpaired) electrons. The van der Waals surface area contributed by atoms with E-state index in [4.69, 9.17) is 9.84 Å². The van der Waals surface area contributed by atoms with Gasteiger partial charge in [0.15, 0.2) is 0 Å². The van der Waals surface area contributed by atoms with E-state index in [1.54, 1.807) is 6.08 Å². The topological polar surface area (TPSA) is 87.1 Å². The molecule has 1 saturated heterocycles. The Morgan fingerprint density at radius 1 is 1.15 bits per heavy atom. The van der Waals surface area contributed by atoms with Crippen LogP contribution in [0.1, 0.15) is 73.6 Å². The van der Waals surface area contributed by atoms with Crippen LogP contribution in [0.25, 0.3) is 0 Å². The molecule has 1 rings (SSSR count). The Morgan fingerprint density at radius 2 is 1.69 bits per heavy atom. The highest BCUT2D eigenvalue weighted by molar-refractivity contribution is 5.79. The first-order chi connectivity index (χ1) is 11.8. The van der Waals surface area contributed by atoms with Crippen LogP contribution in [-0.4, -0.2) is 44.5 Å². The maximum absolute atomic E-state index is 12.4. The molecule has 2 unspecified atom stereocenters. The van der Waals surface area contributed by atoms with Crippen molar-refractivity contribution in [2.75, 3.05) is 0 Å². The molecule has 0 spiro atoms. The summed E-state index contributed by atoms with van der Waals surface area (Å²) in [5.74, 6) is -1.15. The van der Waals surface area contributed by atoms with Gasteiger partial charge in [0.25, 0.3) is 0 Å². The van der Waals surface area contributed by atoms with Crippen molar-refractivity contribution < 1.29 is 24.6 Å². The second kappa shape index (κ2) is 9.00. The third-order valence-electron chi connectivity index (χ3n) is 5.15. The number of carbonyl (C=O) groups is 2. The third-order valence-corrected chi connectivity index (χ3v) is 5.15. The summed E-state index contributed by atoms with van der Waals surface area (Å²) in [5.41, 5.74) is -0.885. The van der Waals surface area contributed by atoms with Crippen LogP contribution in [0.15, 0.2) is 12.2 Å². The van der Waals surface area contributed by atoms with Crippen LogP contribution in [0.3, 0.4) is 0 Å². The number of carboxylic acids is 1. The maximum Gasteiger partial charge on any atom is 0.327 e. The summed E-state index contributed by atoms with van der Waals surface area (Å²) in [4.78, 5) is 22.9. The number of allylic oxidation sites excluding steroid dienone is 1. The van der Waals surface area contributed by atoms with Crippen molar-refractivity contribution in [2.24, 2.45) is 11.8 Å². The van der Waals surface area contributed by atoms with E-state index in [9.17, 15) is 14.8 Å². The lowest BCUT2D eigenvalue weighted by molar-refractivity contribution is -0.260. The smallest absolute Gasteiger partial charge is 0.327 e. The molecule has 2 N–H and O–H groups in total. The van der Waals surface area contributed by atoms with Crippen LogP contribution in [0, 0.1) is 11.8 Å². The summed E-state index contributed by atoms with van der Waals surface area (Å²) < 4.78 is 5.74. The minimum absolute atomic E-state index is 0.171. The molecule has 2 atom stereocenters. The Balaban J connectivity index is 2.46. The Bertz CT molecular complexity index is 508. The predicted molar refractivity (Wildman–Crippen MR) is 99.9 cm³/mol. The first-order valence-electron chi connectivity index (χ1n) is 9.46. The van der Waals surface area contributed by atoms with Gasteiger partial charge in [0.05, 0.1) is 5.92 Å². The van der Waals surface area contributed by atoms with Gasteiger partial charge in [0.2, 0.25) is 0 Å². The third kappa shape index (κ3) is 6.72. The molecule has 26 heavy (non-hydrogen) atoms. The van der Waals surface area contributed by atoms with Crippen molar-refractivity contribution in [1.82, 2.24) is 5.06 Å². The summed E-state index contributed by atoms with van der Waals surface area (Å²) >= 11 is 0. The SMILES string of the molecule is CC(C=CC(=O)O)CCCC(C)C(=O)OC1CC(C)(C)N(O)C(C)(C)C1.